The fourth-order valence-electron chi connectivity index (χ4n) is 3.02. The van der Waals surface area contributed by atoms with Crippen LogP contribution in [0, 0.1) is 0 Å². The number of fused-ring (bicyclic) bond motifs is 1. The summed E-state index contributed by atoms with van der Waals surface area (Å²) in [5, 5.41) is 22.5. The molecule has 2 aromatic heterocycles. The SMILES string of the molecule is O=C(O)c1nnc(NC2CCCSC2)c2cc(-c3cccc(Cl)c3)sc12. The molecule has 0 amide bonds. The van der Waals surface area contributed by atoms with Gasteiger partial charge < -0.3 is 10.4 Å². The van der Waals surface area contributed by atoms with E-state index in [1.54, 1.807) is 0 Å². The summed E-state index contributed by atoms with van der Waals surface area (Å²) in [7, 11) is 0. The summed E-state index contributed by atoms with van der Waals surface area (Å²) in [6, 6.07) is 9.84. The van der Waals surface area contributed by atoms with Gasteiger partial charge in [-0.3, -0.25) is 0 Å². The number of hydrogen-bond acceptors (Lipinski definition) is 6. The van der Waals surface area contributed by atoms with Crippen molar-refractivity contribution in [1.82, 2.24) is 10.2 Å². The van der Waals surface area contributed by atoms with Crippen LogP contribution in [0.1, 0.15) is 23.3 Å². The number of nitrogens with one attached hydrogen (secondary N) is 1. The third-order valence-corrected chi connectivity index (χ3v) is 6.91. The van der Waals surface area contributed by atoms with Gasteiger partial charge in [0.05, 0.1) is 4.70 Å². The lowest BCUT2D eigenvalue weighted by Gasteiger charge is -2.23. The van der Waals surface area contributed by atoms with Crippen molar-refractivity contribution < 1.29 is 9.90 Å². The minimum Gasteiger partial charge on any atom is -0.476 e. The average molecular weight is 406 g/mol. The monoisotopic (exact) mass is 405 g/mol. The van der Waals surface area contributed by atoms with Crippen LogP contribution in [0.5, 0.6) is 0 Å². The second-order valence-electron chi connectivity index (χ2n) is 6.12. The van der Waals surface area contributed by atoms with E-state index < -0.39 is 5.97 Å². The largest absolute Gasteiger partial charge is 0.476 e. The number of halogens is 1. The molecule has 1 fully saturated rings. The van der Waals surface area contributed by atoms with Crippen LogP contribution in [0.3, 0.4) is 0 Å². The van der Waals surface area contributed by atoms with Gasteiger partial charge >= 0.3 is 5.97 Å². The van der Waals surface area contributed by atoms with Crippen molar-refractivity contribution in [3.8, 4) is 10.4 Å². The van der Waals surface area contributed by atoms with Gasteiger partial charge in [0, 0.05) is 27.1 Å². The van der Waals surface area contributed by atoms with Crippen LogP contribution in [0.4, 0.5) is 5.82 Å². The number of aromatic nitrogens is 2. The van der Waals surface area contributed by atoms with Crippen LogP contribution in [-0.2, 0) is 0 Å². The van der Waals surface area contributed by atoms with E-state index in [1.165, 1.54) is 23.5 Å². The first-order valence-electron chi connectivity index (χ1n) is 8.25. The van der Waals surface area contributed by atoms with Gasteiger partial charge in [0.1, 0.15) is 0 Å². The summed E-state index contributed by atoms with van der Waals surface area (Å²) in [6.07, 6.45) is 2.26. The molecule has 1 atom stereocenters. The minimum atomic E-state index is -1.07. The van der Waals surface area contributed by atoms with Gasteiger partial charge in [-0.1, -0.05) is 23.7 Å². The highest BCUT2D eigenvalue weighted by molar-refractivity contribution is 7.99. The molecule has 26 heavy (non-hydrogen) atoms. The quantitative estimate of drug-likeness (QED) is 0.634. The normalized spacial score (nSPS) is 17.3. The number of carbonyl (C=O) groups is 1. The van der Waals surface area contributed by atoms with Gasteiger partial charge in [-0.25, -0.2) is 4.79 Å². The van der Waals surface area contributed by atoms with Gasteiger partial charge in [-0.2, -0.15) is 11.8 Å². The lowest BCUT2D eigenvalue weighted by atomic mass is 10.1. The molecule has 0 aliphatic carbocycles. The number of rotatable bonds is 4. The number of carboxylic acid groups (broad SMARTS) is 1. The molecule has 1 aliphatic rings. The molecule has 0 bridgehead atoms. The summed E-state index contributed by atoms with van der Waals surface area (Å²) in [4.78, 5) is 12.5. The first kappa shape index (κ1) is 17.6. The molecule has 3 heterocycles. The van der Waals surface area contributed by atoms with Crippen molar-refractivity contribution in [3.05, 3.63) is 41.0 Å². The second-order valence-corrected chi connectivity index (χ2v) is 8.76. The number of nitrogens with zero attached hydrogens (tertiary/aromatic N) is 2. The Morgan fingerprint density at radius 1 is 1.31 bits per heavy atom. The number of aromatic carboxylic acids is 1. The lowest BCUT2D eigenvalue weighted by molar-refractivity contribution is 0.0692. The fourth-order valence-corrected chi connectivity index (χ4v) is 5.41. The van der Waals surface area contributed by atoms with E-state index in [9.17, 15) is 9.90 Å². The number of anilines is 1. The van der Waals surface area contributed by atoms with E-state index >= 15 is 0 Å². The van der Waals surface area contributed by atoms with E-state index in [-0.39, 0.29) is 5.69 Å². The standard InChI is InChI=1S/C18H16ClN3O2S2/c19-11-4-1-3-10(7-11)14-8-13-16(26-14)15(18(23)24)21-22-17(13)20-12-5-2-6-25-9-12/h1,3-4,7-8,12H,2,5-6,9H2,(H,20,22)(H,23,24). The van der Waals surface area contributed by atoms with Gasteiger partial charge in [-0.15, -0.1) is 21.5 Å². The van der Waals surface area contributed by atoms with Gasteiger partial charge in [-0.05, 0) is 42.4 Å². The first-order valence-corrected chi connectivity index (χ1v) is 10.6. The molecule has 0 spiro atoms. The lowest BCUT2D eigenvalue weighted by Crippen LogP contribution is -2.26. The summed E-state index contributed by atoms with van der Waals surface area (Å²) in [6.45, 7) is 0. The van der Waals surface area contributed by atoms with E-state index in [0.717, 1.165) is 28.0 Å². The van der Waals surface area contributed by atoms with Crippen molar-refractivity contribution in [1.29, 1.82) is 0 Å². The molecular formula is C18H16ClN3O2S2. The number of hydrogen-bond donors (Lipinski definition) is 2. The predicted molar refractivity (Wildman–Crippen MR) is 109 cm³/mol. The van der Waals surface area contributed by atoms with Crippen molar-refractivity contribution >= 4 is 56.6 Å². The zero-order chi connectivity index (χ0) is 18.1. The molecular weight excluding hydrogens is 390 g/mol. The van der Waals surface area contributed by atoms with Crippen molar-refractivity contribution in [2.75, 3.05) is 16.8 Å². The first-order chi connectivity index (χ1) is 12.6. The number of thiophene rings is 1. The third kappa shape index (κ3) is 3.51. The Labute approximate surface area is 163 Å². The highest BCUT2D eigenvalue weighted by Gasteiger charge is 2.21. The van der Waals surface area contributed by atoms with Crippen LogP contribution in [0.2, 0.25) is 5.02 Å². The molecule has 4 rings (SSSR count). The topological polar surface area (TPSA) is 75.1 Å². The molecule has 1 aliphatic heterocycles. The number of benzene rings is 1. The fraction of sp³-hybridized carbons (Fsp3) is 0.278. The van der Waals surface area contributed by atoms with Gasteiger partial charge in [0.25, 0.3) is 0 Å². The molecule has 1 aromatic carbocycles. The molecule has 1 unspecified atom stereocenters. The Bertz CT molecular complexity index is 970. The number of carboxylic acids is 1. The molecule has 8 heteroatoms. The van der Waals surface area contributed by atoms with E-state index in [0.29, 0.717) is 21.6 Å². The van der Waals surface area contributed by atoms with Crippen LogP contribution in [0.25, 0.3) is 20.5 Å². The van der Waals surface area contributed by atoms with Crippen molar-refractivity contribution in [2.24, 2.45) is 0 Å². The summed E-state index contributed by atoms with van der Waals surface area (Å²) in [5.41, 5.74) is 0.941. The maximum atomic E-state index is 11.6. The van der Waals surface area contributed by atoms with Crippen LogP contribution >= 0.6 is 34.7 Å². The van der Waals surface area contributed by atoms with Crippen LogP contribution < -0.4 is 5.32 Å². The van der Waals surface area contributed by atoms with Gasteiger partial charge in [0.15, 0.2) is 11.5 Å². The summed E-state index contributed by atoms with van der Waals surface area (Å²) < 4.78 is 0.633. The average Bonchev–Trinajstić information content (AvgIpc) is 3.08. The Balaban J connectivity index is 1.80. The molecule has 3 aromatic rings. The molecule has 2 N–H and O–H groups in total. The minimum absolute atomic E-state index is 0.0122. The van der Waals surface area contributed by atoms with E-state index in [1.807, 2.05) is 42.1 Å². The number of thioether (sulfide) groups is 1. The highest BCUT2D eigenvalue weighted by Crippen LogP contribution is 2.38. The maximum absolute atomic E-state index is 11.6. The zero-order valence-electron chi connectivity index (χ0n) is 13.7. The molecule has 5 nitrogen and oxygen atoms in total. The van der Waals surface area contributed by atoms with Crippen molar-refractivity contribution in [2.45, 2.75) is 18.9 Å². The van der Waals surface area contributed by atoms with Crippen molar-refractivity contribution in [3.63, 3.8) is 0 Å². The molecule has 1 saturated heterocycles. The molecule has 0 saturated carbocycles. The van der Waals surface area contributed by atoms with Gasteiger partial charge in [0.2, 0.25) is 0 Å². The summed E-state index contributed by atoms with van der Waals surface area (Å²) >= 11 is 9.43. The third-order valence-electron chi connectivity index (χ3n) is 4.27. The Kier molecular flexibility index (Phi) is 5.02. The maximum Gasteiger partial charge on any atom is 0.357 e. The smallest absolute Gasteiger partial charge is 0.357 e. The predicted octanol–water partition coefficient (Wildman–Crippen LogP) is 5.02. The van der Waals surface area contributed by atoms with Crippen LogP contribution in [-0.4, -0.2) is 38.8 Å². The Morgan fingerprint density at radius 3 is 2.92 bits per heavy atom. The Morgan fingerprint density at radius 2 is 2.19 bits per heavy atom. The second kappa shape index (κ2) is 7.42. The van der Waals surface area contributed by atoms with Crippen LogP contribution in [0.15, 0.2) is 30.3 Å². The summed E-state index contributed by atoms with van der Waals surface area (Å²) in [5.74, 6) is 1.80. The molecule has 0 radical (unpaired) electrons. The van der Waals surface area contributed by atoms with E-state index in [4.69, 9.17) is 11.6 Å². The Hall–Kier alpha value is -1.83. The van der Waals surface area contributed by atoms with E-state index in [2.05, 4.69) is 15.5 Å². The highest BCUT2D eigenvalue weighted by atomic mass is 35.5. The zero-order valence-corrected chi connectivity index (χ0v) is 16.1. The molecule has 134 valence electrons.